The zero-order chi connectivity index (χ0) is 9.19. The second-order valence-corrected chi connectivity index (χ2v) is 3.32. The lowest BCUT2D eigenvalue weighted by Crippen LogP contribution is -2.00. The van der Waals surface area contributed by atoms with Crippen molar-refractivity contribution in [3.63, 3.8) is 0 Å². The van der Waals surface area contributed by atoms with Crippen molar-refractivity contribution in [1.29, 1.82) is 0 Å². The highest BCUT2D eigenvalue weighted by atomic mass is 35.5. The molecule has 6 heteroatoms. The Balaban J connectivity index is 2.85. The van der Waals surface area contributed by atoms with E-state index in [4.69, 9.17) is 11.6 Å². The topological polar surface area (TPSA) is 43.4 Å². The van der Waals surface area contributed by atoms with Gasteiger partial charge in [0, 0.05) is 5.02 Å². The lowest BCUT2D eigenvalue weighted by molar-refractivity contribution is 0.440. The smallest absolute Gasteiger partial charge is 0.358 e. The van der Waals surface area contributed by atoms with Crippen molar-refractivity contribution in [2.24, 2.45) is 0 Å². The van der Waals surface area contributed by atoms with E-state index in [0.717, 1.165) is 0 Å². The molecule has 66 valence electrons. The fourth-order valence-corrected chi connectivity index (χ4v) is 1.07. The average molecular weight is 211 g/mol. The van der Waals surface area contributed by atoms with E-state index in [-0.39, 0.29) is 5.75 Å². The number of hydrogen-bond acceptors (Lipinski definition) is 3. The Morgan fingerprint density at radius 3 is 2.17 bits per heavy atom. The summed E-state index contributed by atoms with van der Waals surface area (Å²) in [7, 11) is -4.93. The average Bonchev–Trinajstić information content (AvgIpc) is 1.91. The van der Waals surface area contributed by atoms with Gasteiger partial charge in [-0.15, -0.1) is 0 Å². The Morgan fingerprint density at radius 2 is 1.75 bits per heavy atom. The fourth-order valence-electron chi connectivity index (χ4n) is 0.605. The maximum atomic E-state index is 11.9. The summed E-state index contributed by atoms with van der Waals surface area (Å²) in [6.07, 6.45) is 0. The van der Waals surface area contributed by atoms with Crippen LogP contribution in [0.1, 0.15) is 0 Å². The largest absolute Gasteiger partial charge is 0.488 e. The monoisotopic (exact) mass is 210 g/mol. The van der Waals surface area contributed by atoms with Crippen LogP contribution in [0.5, 0.6) is 5.75 Å². The highest BCUT2D eigenvalue weighted by Gasteiger charge is 2.08. The first-order chi connectivity index (χ1) is 5.47. The fraction of sp³-hybridized carbons (Fsp3) is 0. The first-order valence-electron chi connectivity index (χ1n) is 2.87. The third-order valence-electron chi connectivity index (χ3n) is 1.01. The maximum absolute atomic E-state index is 11.9. The van der Waals surface area contributed by atoms with Crippen LogP contribution in [0.2, 0.25) is 5.02 Å². The summed E-state index contributed by atoms with van der Waals surface area (Å²) in [6.45, 7) is 0. The van der Waals surface area contributed by atoms with Crippen molar-refractivity contribution in [2.45, 2.75) is 0 Å². The molecule has 0 aliphatic heterocycles. The van der Waals surface area contributed by atoms with Crippen molar-refractivity contribution in [3.8, 4) is 5.75 Å². The van der Waals surface area contributed by atoms with Crippen molar-refractivity contribution in [1.82, 2.24) is 0 Å². The van der Waals surface area contributed by atoms with Crippen LogP contribution >= 0.6 is 11.6 Å². The standard InChI is InChI=1S/C6H4ClFO3S/c7-5-1-3-6(4-2-5)11-12(8,9)10/h1-4H. The van der Waals surface area contributed by atoms with E-state index in [1.807, 2.05) is 0 Å². The van der Waals surface area contributed by atoms with Crippen LogP contribution < -0.4 is 4.18 Å². The predicted molar refractivity (Wildman–Crippen MR) is 42.1 cm³/mol. The molecule has 0 fully saturated rings. The molecule has 1 aromatic carbocycles. The highest BCUT2D eigenvalue weighted by molar-refractivity contribution is 7.81. The molecule has 1 rings (SSSR count). The second-order valence-electron chi connectivity index (χ2n) is 1.93. The zero-order valence-corrected chi connectivity index (χ0v) is 7.27. The lowest BCUT2D eigenvalue weighted by atomic mass is 10.3. The molecule has 0 aliphatic carbocycles. The third kappa shape index (κ3) is 3.06. The minimum atomic E-state index is -4.93. The summed E-state index contributed by atoms with van der Waals surface area (Å²) in [6, 6.07) is 5.28. The minimum absolute atomic E-state index is 0.109. The van der Waals surface area contributed by atoms with Crippen LogP contribution in [0.4, 0.5) is 3.89 Å². The summed E-state index contributed by atoms with van der Waals surface area (Å²) < 4.78 is 35.7. The summed E-state index contributed by atoms with van der Waals surface area (Å²) >= 11 is 5.48. The summed E-state index contributed by atoms with van der Waals surface area (Å²) in [5, 5.41) is 0.415. The Hall–Kier alpha value is -0.810. The van der Waals surface area contributed by atoms with Gasteiger partial charge in [-0.1, -0.05) is 15.5 Å². The molecule has 0 bridgehead atoms. The summed E-state index contributed by atoms with van der Waals surface area (Å²) in [5.41, 5.74) is 0. The number of hydrogen-bond donors (Lipinski definition) is 0. The van der Waals surface area contributed by atoms with Gasteiger partial charge in [0.15, 0.2) is 0 Å². The Bertz CT molecular complexity index is 359. The van der Waals surface area contributed by atoms with Crippen molar-refractivity contribution in [3.05, 3.63) is 29.3 Å². The number of benzene rings is 1. The molecule has 0 spiro atoms. The number of halogens is 2. The van der Waals surface area contributed by atoms with Gasteiger partial charge in [-0.05, 0) is 24.3 Å². The van der Waals surface area contributed by atoms with E-state index in [1.54, 1.807) is 0 Å². The SMILES string of the molecule is O=S(=O)(F)Oc1ccc(Cl)cc1. The van der Waals surface area contributed by atoms with E-state index in [2.05, 4.69) is 4.18 Å². The molecule has 0 saturated heterocycles. The molecule has 0 radical (unpaired) electrons. The van der Waals surface area contributed by atoms with Crippen LogP contribution in [0.25, 0.3) is 0 Å². The van der Waals surface area contributed by atoms with Crippen molar-refractivity contribution in [2.75, 3.05) is 0 Å². The molecule has 0 amide bonds. The number of rotatable bonds is 2. The van der Waals surface area contributed by atoms with Gasteiger partial charge in [-0.3, -0.25) is 0 Å². The minimum Gasteiger partial charge on any atom is -0.358 e. The molecule has 3 nitrogen and oxygen atoms in total. The summed E-state index contributed by atoms with van der Waals surface area (Å²) in [5.74, 6) is -0.109. The van der Waals surface area contributed by atoms with E-state index in [1.165, 1.54) is 24.3 Å². The van der Waals surface area contributed by atoms with Crippen molar-refractivity contribution >= 4 is 22.1 Å². The van der Waals surface area contributed by atoms with Gasteiger partial charge >= 0.3 is 10.5 Å². The molecular formula is C6H4ClFO3S. The van der Waals surface area contributed by atoms with Gasteiger partial charge in [0.1, 0.15) is 5.75 Å². The molecular weight excluding hydrogens is 207 g/mol. The Kier molecular flexibility index (Phi) is 2.54. The molecule has 0 aromatic heterocycles. The molecule has 1 aromatic rings. The van der Waals surface area contributed by atoms with Gasteiger partial charge in [-0.2, -0.15) is 8.42 Å². The van der Waals surface area contributed by atoms with E-state index in [9.17, 15) is 12.3 Å². The summed E-state index contributed by atoms with van der Waals surface area (Å²) in [4.78, 5) is 0. The first kappa shape index (κ1) is 9.28. The van der Waals surface area contributed by atoms with Gasteiger partial charge in [0.25, 0.3) is 0 Å². The molecule has 0 unspecified atom stereocenters. The molecule has 0 atom stereocenters. The third-order valence-corrected chi connectivity index (χ3v) is 1.65. The van der Waals surface area contributed by atoms with Crippen LogP contribution in [-0.2, 0) is 10.5 Å². The zero-order valence-electron chi connectivity index (χ0n) is 5.70. The molecule has 0 heterocycles. The van der Waals surface area contributed by atoms with Crippen molar-refractivity contribution < 1.29 is 16.5 Å². The lowest BCUT2D eigenvalue weighted by Gasteiger charge is -1.98. The molecule has 12 heavy (non-hydrogen) atoms. The van der Waals surface area contributed by atoms with Gasteiger partial charge in [-0.25, -0.2) is 0 Å². The van der Waals surface area contributed by atoms with Crippen LogP contribution in [0.3, 0.4) is 0 Å². The van der Waals surface area contributed by atoms with Gasteiger partial charge in [0.05, 0.1) is 0 Å². The quantitative estimate of drug-likeness (QED) is 0.701. The Morgan fingerprint density at radius 1 is 1.25 bits per heavy atom. The normalized spacial score (nSPS) is 11.2. The van der Waals surface area contributed by atoms with Crippen LogP contribution in [-0.4, -0.2) is 8.42 Å². The molecule has 0 aliphatic rings. The molecule has 0 N–H and O–H groups in total. The van der Waals surface area contributed by atoms with Crippen LogP contribution in [0.15, 0.2) is 24.3 Å². The van der Waals surface area contributed by atoms with Gasteiger partial charge in [0.2, 0.25) is 0 Å². The maximum Gasteiger partial charge on any atom is 0.488 e. The Labute approximate surface area is 74.1 Å². The second kappa shape index (κ2) is 3.28. The van der Waals surface area contributed by atoms with E-state index in [0.29, 0.717) is 5.02 Å². The van der Waals surface area contributed by atoms with E-state index >= 15 is 0 Å². The highest BCUT2D eigenvalue weighted by Crippen LogP contribution is 2.17. The predicted octanol–water partition coefficient (Wildman–Crippen LogP) is 1.93. The van der Waals surface area contributed by atoms with Crippen LogP contribution in [0, 0.1) is 0 Å². The van der Waals surface area contributed by atoms with E-state index < -0.39 is 10.5 Å². The molecule has 0 saturated carbocycles. The van der Waals surface area contributed by atoms with Gasteiger partial charge < -0.3 is 4.18 Å². The first-order valence-corrected chi connectivity index (χ1v) is 4.56.